The van der Waals surface area contributed by atoms with E-state index >= 15 is 0 Å². The molecule has 0 spiro atoms. The number of alkyl halides is 2. The molecule has 0 amide bonds. The van der Waals surface area contributed by atoms with Crippen molar-refractivity contribution in [1.82, 2.24) is 0 Å². The fourth-order valence-electron chi connectivity index (χ4n) is 1.84. The van der Waals surface area contributed by atoms with E-state index in [9.17, 15) is 18.4 Å². The van der Waals surface area contributed by atoms with Gasteiger partial charge in [0, 0.05) is 12.0 Å². The molecule has 0 radical (unpaired) electrons. The van der Waals surface area contributed by atoms with Crippen LogP contribution >= 0.6 is 0 Å². The second-order valence-corrected chi connectivity index (χ2v) is 4.71. The predicted molar refractivity (Wildman–Crippen MR) is 69.1 cm³/mol. The molecular formula is C15H14F2O3. The predicted octanol–water partition coefficient (Wildman–Crippen LogP) is 3.05. The quantitative estimate of drug-likeness (QED) is 0.438. The van der Waals surface area contributed by atoms with Crippen molar-refractivity contribution >= 4 is 11.6 Å². The Morgan fingerprint density at radius 2 is 1.95 bits per heavy atom. The fourth-order valence-corrected chi connectivity index (χ4v) is 1.84. The van der Waals surface area contributed by atoms with Gasteiger partial charge in [-0.05, 0) is 24.3 Å². The first-order valence-corrected chi connectivity index (χ1v) is 6.21. The van der Waals surface area contributed by atoms with Crippen molar-refractivity contribution in [1.29, 1.82) is 0 Å². The second-order valence-electron chi connectivity index (χ2n) is 4.71. The molecule has 0 unspecified atom stereocenters. The van der Waals surface area contributed by atoms with Gasteiger partial charge in [0.1, 0.15) is 18.1 Å². The summed E-state index contributed by atoms with van der Waals surface area (Å²) in [5.41, 5.74) is 0.313. The van der Waals surface area contributed by atoms with Gasteiger partial charge in [0.15, 0.2) is 5.78 Å². The van der Waals surface area contributed by atoms with Crippen LogP contribution in [0.3, 0.4) is 0 Å². The Morgan fingerprint density at radius 3 is 2.45 bits per heavy atom. The van der Waals surface area contributed by atoms with Gasteiger partial charge < -0.3 is 4.74 Å². The van der Waals surface area contributed by atoms with Gasteiger partial charge in [-0.1, -0.05) is 12.7 Å². The van der Waals surface area contributed by atoms with Crippen LogP contribution in [-0.2, 0) is 4.79 Å². The average Bonchev–Trinajstić information content (AvgIpc) is 3.06. The molecule has 0 aliphatic heterocycles. The molecular weight excluding hydrogens is 266 g/mol. The third-order valence-corrected chi connectivity index (χ3v) is 3.09. The SMILES string of the molecule is C=CCOc1ccc(C(=O)CC(=O)[C@@H]2CC2(F)F)cc1. The summed E-state index contributed by atoms with van der Waals surface area (Å²) in [6.45, 7) is 3.86. The van der Waals surface area contributed by atoms with Crippen LogP contribution in [0.25, 0.3) is 0 Å². The summed E-state index contributed by atoms with van der Waals surface area (Å²) in [6, 6.07) is 6.21. The lowest BCUT2D eigenvalue weighted by atomic mass is 10.0. The van der Waals surface area contributed by atoms with E-state index in [1.807, 2.05) is 0 Å². The third kappa shape index (κ3) is 3.29. The highest BCUT2D eigenvalue weighted by Gasteiger charge is 2.60. The summed E-state index contributed by atoms with van der Waals surface area (Å²) in [6.07, 6.45) is 0.675. The first-order chi connectivity index (χ1) is 9.44. The maximum atomic E-state index is 12.7. The molecule has 1 fully saturated rings. The lowest BCUT2D eigenvalue weighted by molar-refractivity contribution is -0.121. The summed E-state index contributed by atoms with van der Waals surface area (Å²) in [5.74, 6) is -4.76. The number of carbonyl (C=O) groups is 2. The third-order valence-electron chi connectivity index (χ3n) is 3.09. The Labute approximate surface area is 115 Å². The normalized spacial score (nSPS) is 19.2. The number of hydrogen-bond acceptors (Lipinski definition) is 3. The highest BCUT2D eigenvalue weighted by atomic mass is 19.3. The van der Waals surface area contributed by atoms with Crippen molar-refractivity contribution in [3.8, 4) is 5.75 Å². The van der Waals surface area contributed by atoms with E-state index in [0.717, 1.165) is 0 Å². The number of ether oxygens (including phenoxy) is 1. The minimum Gasteiger partial charge on any atom is -0.490 e. The van der Waals surface area contributed by atoms with Crippen LogP contribution in [0.1, 0.15) is 23.2 Å². The molecule has 3 nitrogen and oxygen atoms in total. The summed E-state index contributed by atoms with van der Waals surface area (Å²) in [4.78, 5) is 23.3. The Kier molecular flexibility index (Phi) is 3.97. The minimum atomic E-state index is -2.92. The summed E-state index contributed by atoms with van der Waals surface area (Å²) < 4.78 is 30.7. The van der Waals surface area contributed by atoms with Crippen molar-refractivity contribution < 1.29 is 23.1 Å². The van der Waals surface area contributed by atoms with Crippen LogP contribution in [0.5, 0.6) is 5.75 Å². The monoisotopic (exact) mass is 280 g/mol. The van der Waals surface area contributed by atoms with E-state index in [4.69, 9.17) is 4.74 Å². The van der Waals surface area contributed by atoms with E-state index in [1.54, 1.807) is 18.2 Å². The number of hydrogen-bond donors (Lipinski definition) is 0. The number of halogens is 2. The number of ketones is 2. The molecule has 0 aromatic heterocycles. The van der Waals surface area contributed by atoms with Crippen LogP contribution < -0.4 is 4.74 Å². The number of benzene rings is 1. The topological polar surface area (TPSA) is 43.4 Å². The van der Waals surface area contributed by atoms with Gasteiger partial charge in [0.2, 0.25) is 0 Å². The molecule has 1 aliphatic rings. The van der Waals surface area contributed by atoms with Gasteiger partial charge in [-0.2, -0.15) is 0 Å². The van der Waals surface area contributed by atoms with Gasteiger partial charge in [-0.15, -0.1) is 0 Å². The Bertz CT molecular complexity index is 535. The molecule has 106 valence electrons. The van der Waals surface area contributed by atoms with E-state index in [2.05, 4.69) is 6.58 Å². The van der Waals surface area contributed by atoms with Crippen LogP contribution in [0.2, 0.25) is 0 Å². The first-order valence-electron chi connectivity index (χ1n) is 6.21. The molecule has 1 saturated carbocycles. The summed E-state index contributed by atoms with van der Waals surface area (Å²) in [7, 11) is 0. The molecule has 0 N–H and O–H groups in total. The Balaban J connectivity index is 1.92. The molecule has 1 aromatic carbocycles. The molecule has 2 rings (SSSR count). The van der Waals surface area contributed by atoms with Gasteiger partial charge in [0.25, 0.3) is 5.92 Å². The summed E-state index contributed by atoms with van der Waals surface area (Å²) >= 11 is 0. The van der Waals surface area contributed by atoms with E-state index in [-0.39, 0.29) is 0 Å². The standard InChI is InChI=1S/C15H14F2O3/c1-2-7-20-11-5-3-10(4-6-11)13(18)8-14(19)12-9-15(12,16)17/h2-6,12H,1,7-9H2/t12-/m0/s1. The summed E-state index contributed by atoms with van der Waals surface area (Å²) in [5, 5.41) is 0. The lowest BCUT2D eigenvalue weighted by Gasteiger charge is -2.04. The zero-order valence-corrected chi connectivity index (χ0v) is 10.8. The smallest absolute Gasteiger partial charge is 0.258 e. The van der Waals surface area contributed by atoms with Crippen molar-refractivity contribution in [3.63, 3.8) is 0 Å². The Hall–Kier alpha value is -2.04. The molecule has 1 aromatic rings. The van der Waals surface area contributed by atoms with E-state index in [0.29, 0.717) is 17.9 Å². The van der Waals surface area contributed by atoms with Gasteiger partial charge in [0.05, 0.1) is 12.3 Å². The first kappa shape index (κ1) is 14.4. The second kappa shape index (κ2) is 5.53. The largest absolute Gasteiger partial charge is 0.490 e. The molecule has 20 heavy (non-hydrogen) atoms. The van der Waals surface area contributed by atoms with Crippen LogP contribution in [0.15, 0.2) is 36.9 Å². The van der Waals surface area contributed by atoms with E-state index in [1.165, 1.54) is 12.1 Å². The van der Waals surface area contributed by atoms with Gasteiger partial charge >= 0.3 is 0 Å². The van der Waals surface area contributed by atoms with Crippen molar-refractivity contribution in [3.05, 3.63) is 42.5 Å². The minimum absolute atomic E-state index is 0.313. The zero-order chi connectivity index (χ0) is 14.8. The van der Waals surface area contributed by atoms with Gasteiger partial charge in [-0.25, -0.2) is 8.78 Å². The highest BCUT2D eigenvalue weighted by molar-refractivity contribution is 6.09. The van der Waals surface area contributed by atoms with Crippen LogP contribution in [0, 0.1) is 5.92 Å². The van der Waals surface area contributed by atoms with Gasteiger partial charge in [-0.3, -0.25) is 9.59 Å². The molecule has 0 bridgehead atoms. The number of Topliss-reactive ketones (excluding diaryl/α,β-unsaturated/α-hetero) is 2. The van der Waals surface area contributed by atoms with E-state index < -0.39 is 36.2 Å². The molecule has 0 heterocycles. The van der Waals surface area contributed by atoms with Crippen molar-refractivity contribution in [2.24, 2.45) is 5.92 Å². The molecule has 1 aliphatic carbocycles. The van der Waals surface area contributed by atoms with Crippen LogP contribution in [0.4, 0.5) is 8.78 Å². The average molecular weight is 280 g/mol. The van der Waals surface area contributed by atoms with Crippen LogP contribution in [-0.4, -0.2) is 24.1 Å². The molecule has 0 saturated heterocycles. The Morgan fingerprint density at radius 1 is 1.35 bits per heavy atom. The fraction of sp³-hybridized carbons (Fsp3) is 0.333. The molecule has 5 heteroatoms. The number of rotatable bonds is 7. The van der Waals surface area contributed by atoms with Crippen molar-refractivity contribution in [2.75, 3.05) is 6.61 Å². The number of carbonyl (C=O) groups excluding carboxylic acids is 2. The van der Waals surface area contributed by atoms with Crippen molar-refractivity contribution in [2.45, 2.75) is 18.8 Å². The zero-order valence-electron chi connectivity index (χ0n) is 10.8. The molecule has 1 atom stereocenters. The maximum Gasteiger partial charge on any atom is 0.258 e. The maximum absolute atomic E-state index is 12.7. The highest BCUT2D eigenvalue weighted by Crippen LogP contribution is 2.49. The lowest BCUT2D eigenvalue weighted by Crippen LogP contribution is -2.13.